The third-order valence-electron chi connectivity index (χ3n) is 6.73. The molecule has 12 nitrogen and oxygen atoms in total. The van der Waals surface area contributed by atoms with Crippen molar-refractivity contribution in [1.29, 1.82) is 5.26 Å². The summed E-state index contributed by atoms with van der Waals surface area (Å²) < 4.78 is 29.2. The normalized spacial score (nSPS) is 20.9. The van der Waals surface area contributed by atoms with Crippen LogP contribution in [-0.4, -0.2) is 59.5 Å². The van der Waals surface area contributed by atoms with Crippen molar-refractivity contribution in [3.63, 3.8) is 0 Å². The van der Waals surface area contributed by atoms with Gasteiger partial charge >= 0.3 is 23.9 Å². The highest BCUT2D eigenvalue weighted by molar-refractivity contribution is 5.76. The molecule has 44 heavy (non-hydrogen) atoms. The molecule has 5 atom stereocenters. The summed E-state index contributed by atoms with van der Waals surface area (Å²) in [6.45, 7) is 4.00. The maximum Gasteiger partial charge on any atom is 0.303 e. The van der Waals surface area contributed by atoms with Gasteiger partial charge in [0.15, 0.2) is 24.5 Å². The number of carbonyl (C=O) groups is 4. The van der Waals surface area contributed by atoms with Crippen molar-refractivity contribution < 1.29 is 42.9 Å². The zero-order valence-electron chi connectivity index (χ0n) is 24.4. The Morgan fingerprint density at radius 2 is 1.30 bits per heavy atom. The summed E-state index contributed by atoms with van der Waals surface area (Å²) in [6.07, 6.45) is -7.31. The summed E-state index contributed by atoms with van der Waals surface area (Å²) in [5, 5.41) is 10.2. The SMILES string of the molecule is CC(=O)OC[C@@H]1O[C@@H](n2c(-c3ccccc3)cc(-c3ccccc3)c(C#N)c2=O)[C@@H](OC(C)=O)[C@@H](OC(C)=O)[C@H]1OC(C)=O. The highest BCUT2D eigenvalue weighted by Crippen LogP contribution is 2.38. The Balaban J connectivity index is 2.04. The Morgan fingerprint density at radius 3 is 1.82 bits per heavy atom. The smallest absolute Gasteiger partial charge is 0.303 e. The minimum atomic E-state index is -1.55. The number of nitriles is 1. The van der Waals surface area contributed by atoms with Gasteiger partial charge < -0.3 is 23.7 Å². The van der Waals surface area contributed by atoms with Gasteiger partial charge in [-0.05, 0) is 17.2 Å². The molecule has 4 rings (SSSR count). The summed E-state index contributed by atoms with van der Waals surface area (Å²) >= 11 is 0. The van der Waals surface area contributed by atoms with E-state index in [9.17, 15) is 29.2 Å². The fourth-order valence-electron chi connectivity index (χ4n) is 5.07. The summed E-state index contributed by atoms with van der Waals surface area (Å²) in [5.41, 5.74) is 0.733. The van der Waals surface area contributed by atoms with Crippen LogP contribution >= 0.6 is 0 Å². The first-order chi connectivity index (χ1) is 21.0. The molecule has 0 unspecified atom stereocenters. The molecule has 0 aliphatic carbocycles. The van der Waals surface area contributed by atoms with Crippen LogP contribution in [0.2, 0.25) is 0 Å². The van der Waals surface area contributed by atoms with Crippen molar-refractivity contribution in [3.8, 4) is 28.5 Å². The maximum atomic E-state index is 14.3. The standard InChI is InChI=1S/C32H30N2O10/c1-18(35)40-17-27-28(41-19(2)36)29(42-20(3)37)30(43-21(4)38)32(44-27)34-26(23-13-9-6-10-14-23)15-24(25(16-33)31(34)39)22-11-7-5-8-12-22/h5-15,27-30,32H,17H2,1-4H3/t27-,28-,29-,30-,32+/m0/s1. The fourth-order valence-corrected chi connectivity index (χ4v) is 5.07. The van der Waals surface area contributed by atoms with Crippen LogP contribution in [0.5, 0.6) is 0 Å². The predicted octanol–water partition coefficient (Wildman–Crippen LogP) is 3.31. The molecule has 0 saturated carbocycles. The van der Waals surface area contributed by atoms with Crippen molar-refractivity contribution in [3.05, 3.63) is 82.6 Å². The Morgan fingerprint density at radius 1 is 0.773 bits per heavy atom. The molecule has 0 bridgehead atoms. The molecule has 0 radical (unpaired) electrons. The van der Waals surface area contributed by atoms with Gasteiger partial charge in [-0.2, -0.15) is 5.26 Å². The number of hydrogen-bond acceptors (Lipinski definition) is 11. The van der Waals surface area contributed by atoms with E-state index in [-0.39, 0.29) is 11.3 Å². The van der Waals surface area contributed by atoms with Crippen LogP contribution in [0, 0.1) is 11.3 Å². The zero-order valence-corrected chi connectivity index (χ0v) is 24.4. The third kappa shape index (κ3) is 7.02. The monoisotopic (exact) mass is 602 g/mol. The molecule has 228 valence electrons. The van der Waals surface area contributed by atoms with Crippen molar-refractivity contribution in [1.82, 2.24) is 4.57 Å². The number of nitrogens with zero attached hydrogens (tertiary/aromatic N) is 2. The van der Waals surface area contributed by atoms with E-state index in [0.29, 0.717) is 16.7 Å². The van der Waals surface area contributed by atoms with E-state index in [0.717, 1.165) is 32.3 Å². The van der Waals surface area contributed by atoms with Crippen LogP contribution in [-0.2, 0) is 42.9 Å². The lowest BCUT2D eigenvalue weighted by atomic mass is 9.95. The highest BCUT2D eigenvalue weighted by atomic mass is 16.7. The molecule has 3 aromatic rings. The molecule has 2 aromatic carbocycles. The molecule has 12 heteroatoms. The average Bonchev–Trinajstić information content (AvgIpc) is 2.98. The molecule has 1 aliphatic rings. The molecule has 2 heterocycles. The number of benzene rings is 2. The zero-order chi connectivity index (χ0) is 32.0. The Hall–Kier alpha value is -5.28. The van der Waals surface area contributed by atoms with Gasteiger partial charge in [0.1, 0.15) is 24.3 Å². The minimum Gasteiger partial charge on any atom is -0.463 e. The minimum absolute atomic E-state index is 0.233. The summed E-state index contributed by atoms with van der Waals surface area (Å²) in [6, 6.07) is 21.2. The van der Waals surface area contributed by atoms with Gasteiger partial charge in [-0.15, -0.1) is 0 Å². The Kier molecular flexibility index (Phi) is 9.92. The van der Waals surface area contributed by atoms with Gasteiger partial charge in [-0.25, -0.2) is 0 Å². The lowest BCUT2D eigenvalue weighted by Crippen LogP contribution is -2.61. The molecule has 0 amide bonds. The van der Waals surface area contributed by atoms with Crippen molar-refractivity contribution in [2.45, 2.75) is 58.3 Å². The summed E-state index contributed by atoms with van der Waals surface area (Å²) in [4.78, 5) is 62.9. The molecule has 1 aromatic heterocycles. The van der Waals surface area contributed by atoms with Crippen molar-refractivity contribution in [2.75, 3.05) is 6.61 Å². The van der Waals surface area contributed by atoms with Gasteiger partial charge in [-0.1, -0.05) is 60.7 Å². The van der Waals surface area contributed by atoms with E-state index in [1.165, 1.54) is 0 Å². The second kappa shape index (κ2) is 13.8. The first kappa shape index (κ1) is 31.7. The fraction of sp³-hybridized carbons (Fsp3) is 0.312. The first-order valence-corrected chi connectivity index (χ1v) is 13.6. The average molecular weight is 603 g/mol. The number of esters is 4. The van der Waals surface area contributed by atoms with E-state index in [2.05, 4.69) is 0 Å². The van der Waals surface area contributed by atoms with Crippen LogP contribution in [0.25, 0.3) is 22.4 Å². The molecule has 1 fully saturated rings. The molecular formula is C32H30N2O10. The molecule has 0 spiro atoms. The summed E-state index contributed by atoms with van der Waals surface area (Å²) in [5.74, 6) is -3.11. The number of pyridine rings is 1. The number of rotatable bonds is 8. The van der Waals surface area contributed by atoms with Crippen LogP contribution < -0.4 is 5.56 Å². The largest absolute Gasteiger partial charge is 0.463 e. The highest BCUT2D eigenvalue weighted by Gasteiger charge is 2.53. The van der Waals surface area contributed by atoms with Gasteiger partial charge in [-0.3, -0.25) is 28.5 Å². The molecule has 1 aliphatic heterocycles. The van der Waals surface area contributed by atoms with E-state index in [1.807, 2.05) is 6.07 Å². The molecular weight excluding hydrogens is 572 g/mol. The summed E-state index contributed by atoms with van der Waals surface area (Å²) in [7, 11) is 0. The van der Waals surface area contributed by atoms with Gasteiger partial charge in [0.2, 0.25) is 0 Å². The van der Waals surface area contributed by atoms with E-state index >= 15 is 0 Å². The van der Waals surface area contributed by atoms with Crippen LogP contribution in [0.15, 0.2) is 71.5 Å². The lowest BCUT2D eigenvalue weighted by molar-refractivity contribution is -0.268. The van der Waals surface area contributed by atoms with E-state index in [1.54, 1.807) is 66.7 Å². The Bertz CT molecular complexity index is 1650. The number of ether oxygens (including phenoxy) is 5. The van der Waals surface area contributed by atoms with Gasteiger partial charge in [0.05, 0.1) is 5.69 Å². The third-order valence-corrected chi connectivity index (χ3v) is 6.73. The van der Waals surface area contributed by atoms with Crippen LogP contribution in [0.1, 0.15) is 39.5 Å². The second-order valence-electron chi connectivity index (χ2n) is 9.93. The second-order valence-corrected chi connectivity index (χ2v) is 9.93. The van der Waals surface area contributed by atoms with Crippen molar-refractivity contribution >= 4 is 23.9 Å². The quantitative estimate of drug-likeness (QED) is 0.275. The van der Waals surface area contributed by atoms with Gasteiger partial charge in [0.25, 0.3) is 5.56 Å². The lowest BCUT2D eigenvalue weighted by Gasteiger charge is -2.45. The Labute approximate surface area is 252 Å². The van der Waals surface area contributed by atoms with Crippen LogP contribution in [0.3, 0.4) is 0 Å². The van der Waals surface area contributed by atoms with E-state index < -0.39 is 66.7 Å². The van der Waals surface area contributed by atoms with Crippen molar-refractivity contribution in [2.24, 2.45) is 0 Å². The number of carbonyl (C=O) groups excluding carboxylic acids is 4. The van der Waals surface area contributed by atoms with Crippen LogP contribution in [0.4, 0.5) is 0 Å². The topological polar surface area (TPSA) is 160 Å². The maximum absolute atomic E-state index is 14.3. The first-order valence-electron chi connectivity index (χ1n) is 13.6. The number of hydrogen-bond donors (Lipinski definition) is 0. The number of aromatic nitrogens is 1. The molecule has 0 N–H and O–H groups in total. The molecule has 1 saturated heterocycles. The van der Waals surface area contributed by atoms with Gasteiger partial charge in [0, 0.05) is 33.3 Å². The predicted molar refractivity (Wildman–Crippen MR) is 153 cm³/mol. The van der Waals surface area contributed by atoms with E-state index in [4.69, 9.17) is 23.7 Å².